The van der Waals surface area contributed by atoms with E-state index in [1.54, 1.807) is 19.3 Å². The van der Waals surface area contributed by atoms with Gasteiger partial charge in [0, 0.05) is 22.4 Å². The highest BCUT2D eigenvalue weighted by atomic mass is 79.9. The van der Waals surface area contributed by atoms with Crippen molar-refractivity contribution in [1.29, 1.82) is 0 Å². The molecule has 1 N–H and O–H groups in total. The summed E-state index contributed by atoms with van der Waals surface area (Å²) >= 11 is 3.37. The van der Waals surface area contributed by atoms with Crippen molar-refractivity contribution in [2.75, 3.05) is 0 Å². The quantitative estimate of drug-likeness (QED) is 0.940. The van der Waals surface area contributed by atoms with Crippen LogP contribution >= 0.6 is 15.9 Å². The van der Waals surface area contributed by atoms with Crippen LogP contribution in [-0.2, 0) is 6.61 Å². The van der Waals surface area contributed by atoms with E-state index in [4.69, 9.17) is 4.74 Å². The van der Waals surface area contributed by atoms with Crippen LogP contribution in [0.15, 0.2) is 47.2 Å². The number of benzene rings is 1. The second-order valence-corrected chi connectivity index (χ2v) is 4.96. The Balaban J connectivity index is 2.04. The summed E-state index contributed by atoms with van der Waals surface area (Å²) in [5, 5.41) is 9.50. The number of pyridine rings is 1. The maximum Gasteiger partial charge on any atom is 0.120 e. The number of nitrogens with zero attached hydrogens (tertiary/aromatic N) is 1. The molecule has 4 heteroatoms. The summed E-state index contributed by atoms with van der Waals surface area (Å²) < 4.78 is 6.60. The van der Waals surface area contributed by atoms with Gasteiger partial charge in [0.1, 0.15) is 12.4 Å². The minimum Gasteiger partial charge on any atom is -0.489 e. The van der Waals surface area contributed by atoms with Crippen molar-refractivity contribution in [2.24, 2.45) is 0 Å². The van der Waals surface area contributed by atoms with E-state index >= 15 is 0 Å². The van der Waals surface area contributed by atoms with Crippen LogP contribution < -0.4 is 4.74 Å². The van der Waals surface area contributed by atoms with Gasteiger partial charge in [-0.2, -0.15) is 0 Å². The number of halogens is 1. The number of rotatable bonds is 4. The number of aliphatic hydroxyl groups is 1. The summed E-state index contributed by atoms with van der Waals surface area (Å²) in [6, 6.07) is 9.42. The molecule has 0 aliphatic rings. The Hall–Kier alpha value is -1.39. The van der Waals surface area contributed by atoms with Crippen molar-refractivity contribution in [3.8, 4) is 5.75 Å². The number of aliphatic hydroxyl groups excluding tert-OH is 1. The smallest absolute Gasteiger partial charge is 0.120 e. The molecule has 0 saturated carbocycles. The molecule has 0 amide bonds. The molecule has 2 rings (SSSR count). The van der Waals surface area contributed by atoms with Crippen LogP contribution in [0, 0.1) is 0 Å². The summed E-state index contributed by atoms with van der Waals surface area (Å²) in [6.07, 6.45) is 3.02. The van der Waals surface area contributed by atoms with Gasteiger partial charge >= 0.3 is 0 Å². The van der Waals surface area contributed by atoms with Gasteiger partial charge in [0.25, 0.3) is 0 Å². The third-order valence-electron chi connectivity index (χ3n) is 2.51. The molecule has 0 aliphatic carbocycles. The average Bonchev–Trinajstić information content (AvgIpc) is 2.37. The molecule has 0 bridgehead atoms. The van der Waals surface area contributed by atoms with Gasteiger partial charge in [-0.25, -0.2) is 0 Å². The lowest BCUT2D eigenvalue weighted by molar-refractivity contribution is 0.198. The Morgan fingerprint density at radius 3 is 2.89 bits per heavy atom. The lowest BCUT2D eigenvalue weighted by Gasteiger charge is -2.09. The Labute approximate surface area is 115 Å². The molecule has 0 unspecified atom stereocenters. The first-order valence-electron chi connectivity index (χ1n) is 5.65. The molecule has 1 heterocycles. The zero-order chi connectivity index (χ0) is 13.0. The standard InChI is InChI=1S/C14H14BrNO2/c1-10(17)12-3-2-4-14(6-12)18-9-11-5-13(15)8-16-7-11/h2-8,10,17H,9H2,1H3/t10-/m0/s1. The van der Waals surface area contributed by atoms with Gasteiger partial charge in [-0.15, -0.1) is 0 Å². The van der Waals surface area contributed by atoms with Crippen molar-refractivity contribution >= 4 is 15.9 Å². The molecule has 0 saturated heterocycles. The first-order valence-corrected chi connectivity index (χ1v) is 6.45. The van der Waals surface area contributed by atoms with Crippen LogP contribution in [0.3, 0.4) is 0 Å². The van der Waals surface area contributed by atoms with E-state index < -0.39 is 6.10 Å². The summed E-state index contributed by atoms with van der Waals surface area (Å²) in [6.45, 7) is 2.19. The lowest BCUT2D eigenvalue weighted by Crippen LogP contribution is -1.97. The molecule has 0 radical (unpaired) electrons. The summed E-state index contributed by atoms with van der Waals surface area (Å²) in [4.78, 5) is 4.08. The first-order chi connectivity index (χ1) is 8.65. The van der Waals surface area contributed by atoms with Crippen molar-refractivity contribution < 1.29 is 9.84 Å². The van der Waals surface area contributed by atoms with E-state index in [2.05, 4.69) is 20.9 Å². The van der Waals surface area contributed by atoms with Crippen LogP contribution in [0.4, 0.5) is 0 Å². The monoisotopic (exact) mass is 307 g/mol. The molecule has 18 heavy (non-hydrogen) atoms. The molecular formula is C14H14BrNO2. The van der Waals surface area contributed by atoms with Crippen LogP contribution in [0.2, 0.25) is 0 Å². The van der Waals surface area contributed by atoms with E-state index in [1.807, 2.05) is 30.3 Å². The Bertz CT molecular complexity index is 529. The van der Waals surface area contributed by atoms with Gasteiger partial charge < -0.3 is 9.84 Å². The molecule has 3 nitrogen and oxygen atoms in total. The van der Waals surface area contributed by atoms with Crippen LogP contribution in [-0.4, -0.2) is 10.1 Å². The van der Waals surface area contributed by atoms with Crippen molar-refractivity contribution in [2.45, 2.75) is 19.6 Å². The topological polar surface area (TPSA) is 42.4 Å². The van der Waals surface area contributed by atoms with Crippen molar-refractivity contribution in [3.63, 3.8) is 0 Å². The normalized spacial score (nSPS) is 12.2. The molecule has 0 fully saturated rings. The van der Waals surface area contributed by atoms with Gasteiger partial charge in [0.15, 0.2) is 0 Å². The van der Waals surface area contributed by atoms with Gasteiger partial charge in [-0.1, -0.05) is 12.1 Å². The van der Waals surface area contributed by atoms with Crippen LogP contribution in [0.1, 0.15) is 24.2 Å². The SMILES string of the molecule is C[C@H](O)c1cccc(OCc2cncc(Br)c2)c1. The number of aromatic nitrogens is 1. The fourth-order valence-corrected chi connectivity index (χ4v) is 1.98. The fraction of sp³-hybridized carbons (Fsp3) is 0.214. The molecule has 1 atom stereocenters. The van der Waals surface area contributed by atoms with Gasteiger partial charge in [-0.3, -0.25) is 4.98 Å². The van der Waals surface area contributed by atoms with Crippen molar-refractivity contribution in [1.82, 2.24) is 4.98 Å². The van der Waals surface area contributed by atoms with Gasteiger partial charge in [0.05, 0.1) is 6.10 Å². The Morgan fingerprint density at radius 2 is 2.17 bits per heavy atom. The van der Waals surface area contributed by atoms with E-state index in [9.17, 15) is 5.11 Å². The minimum absolute atomic E-state index is 0.454. The van der Waals surface area contributed by atoms with Crippen LogP contribution in [0.25, 0.3) is 0 Å². The first kappa shape index (κ1) is 13.1. The third kappa shape index (κ3) is 3.55. The van der Waals surface area contributed by atoms with Crippen LogP contribution in [0.5, 0.6) is 5.75 Å². The zero-order valence-electron chi connectivity index (χ0n) is 10.0. The molecule has 94 valence electrons. The molecule has 1 aromatic heterocycles. The molecule has 1 aromatic carbocycles. The van der Waals surface area contributed by atoms with E-state index in [0.717, 1.165) is 21.3 Å². The second kappa shape index (κ2) is 5.98. The summed E-state index contributed by atoms with van der Waals surface area (Å²) in [5.41, 5.74) is 1.84. The third-order valence-corrected chi connectivity index (χ3v) is 2.94. The fourth-order valence-electron chi connectivity index (χ4n) is 1.57. The minimum atomic E-state index is -0.485. The maximum atomic E-state index is 9.50. The molecule has 0 aliphatic heterocycles. The Kier molecular flexibility index (Phi) is 4.33. The number of hydrogen-bond acceptors (Lipinski definition) is 3. The Morgan fingerprint density at radius 1 is 1.33 bits per heavy atom. The lowest BCUT2D eigenvalue weighted by atomic mass is 10.1. The summed E-state index contributed by atoms with van der Waals surface area (Å²) in [7, 11) is 0. The number of ether oxygens (including phenoxy) is 1. The largest absolute Gasteiger partial charge is 0.489 e. The maximum absolute atomic E-state index is 9.50. The predicted octanol–water partition coefficient (Wildman–Crippen LogP) is 3.48. The highest BCUT2D eigenvalue weighted by molar-refractivity contribution is 9.10. The number of hydrogen-bond donors (Lipinski definition) is 1. The van der Waals surface area contributed by atoms with E-state index in [1.165, 1.54) is 0 Å². The van der Waals surface area contributed by atoms with Crippen molar-refractivity contribution in [3.05, 3.63) is 58.3 Å². The van der Waals surface area contributed by atoms with Gasteiger partial charge in [0.2, 0.25) is 0 Å². The highest BCUT2D eigenvalue weighted by Crippen LogP contribution is 2.20. The second-order valence-electron chi connectivity index (χ2n) is 4.05. The zero-order valence-corrected chi connectivity index (χ0v) is 11.6. The van der Waals surface area contributed by atoms with E-state index in [-0.39, 0.29) is 0 Å². The molecular weight excluding hydrogens is 294 g/mol. The average molecular weight is 308 g/mol. The molecule has 2 aromatic rings. The predicted molar refractivity (Wildman–Crippen MR) is 73.3 cm³/mol. The van der Waals surface area contributed by atoms with E-state index in [0.29, 0.717) is 6.61 Å². The van der Waals surface area contributed by atoms with Gasteiger partial charge in [-0.05, 0) is 46.6 Å². The molecule has 0 spiro atoms. The highest BCUT2D eigenvalue weighted by Gasteiger charge is 2.03. The summed E-state index contributed by atoms with van der Waals surface area (Å²) in [5.74, 6) is 0.744.